The number of rotatable bonds is 3. The van der Waals surface area contributed by atoms with Gasteiger partial charge in [-0.3, -0.25) is 4.79 Å². The number of para-hydroxylation sites is 1. The number of nitrogens with one attached hydrogen (secondary N) is 1. The number of aromatic carboxylic acids is 1. The summed E-state index contributed by atoms with van der Waals surface area (Å²) in [6.45, 7) is 2.23. The first-order chi connectivity index (χ1) is 10.6. The van der Waals surface area contributed by atoms with Crippen LogP contribution in [0, 0.1) is 5.92 Å². The van der Waals surface area contributed by atoms with Gasteiger partial charge >= 0.3 is 5.97 Å². The van der Waals surface area contributed by atoms with Crippen molar-refractivity contribution in [2.45, 2.75) is 26.2 Å². The van der Waals surface area contributed by atoms with E-state index < -0.39 is 5.97 Å². The van der Waals surface area contributed by atoms with Crippen LogP contribution in [0.15, 0.2) is 29.6 Å². The smallest absolute Gasteiger partial charge is 0.337 e. The Bertz CT molecular complexity index is 735. The highest BCUT2D eigenvalue weighted by Gasteiger charge is 2.23. The number of carbonyl (C=O) groups excluding carboxylic acids is 1. The van der Waals surface area contributed by atoms with Crippen LogP contribution >= 0.6 is 11.3 Å². The van der Waals surface area contributed by atoms with E-state index in [0.29, 0.717) is 17.2 Å². The third-order valence-electron chi connectivity index (χ3n) is 4.05. The third kappa shape index (κ3) is 2.76. The highest BCUT2D eigenvalue weighted by atomic mass is 32.1. The van der Waals surface area contributed by atoms with Gasteiger partial charge in [-0.15, -0.1) is 11.3 Å². The van der Waals surface area contributed by atoms with Gasteiger partial charge in [-0.2, -0.15) is 0 Å². The zero-order valence-electron chi connectivity index (χ0n) is 12.3. The molecule has 0 aliphatic heterocycles. The summed E-state index contributed by atoms with van der Waals surface area (Å²) in [4.78, 5) is 25.0. The number of anilines is 1. The van der Waals surface area contributed by atoms with Crippen LogP contribution in [0.25, 0.3) is 0 Å². The molecule has 0 spiro atoms. The molecule has 3 rings (SSSR count). The quantitative estimate of drug-likeness (QED) is 0.904. The molecule has 1 amide bonds. The average molecular weight is 315 g/mol. The summed E-state index contributed by atoms with van der Waals surface area (Å²) < 4.78 is 0. The predicted octanol–water partition coefficient (Wildman–Crippen LogP) is 3.82. The lowest BCUT2D eigenvalue weighted by molar-refractivity contribution is 0.0698. The van der Waals surface area contributed by atoms with Crippen molar-refractivity contribution < 1.29 is 14.7 Å². The lowest BCUT2D eigenvalue weighted by Crippen LogP contribution is -2.18. The van der Waals surface area contributed by atoms with E-state index in [4.69, 9.17) is 0 Å². The first kappa shape index (κ1) is 14.8. The molecule has 0 saturated heterocycles. The summed E-state index contributed by atoms with van der Waals surface area (Å²) in [5.41, 5.74) is 2.26. The second-order valence-corrected chi connectivity index (χ2v) is 6.67. The minimum Gasteiger partial charge on any atom is -0.478 e. The van der Waals surface area contributed by atoms with Crippen LogP contribution in [0.2, 0.25) is 0 Å². The van der Waals surface area contributed by atoms with Gasteiger partial charge in [0, 0.05) is 10.3 Å². The fourth-order valence-corrected chi connectivity index (χ4v) is 4.08. The van der Waals surface area contributed by atoms with Crippen molar-refractivity contribution in [2.75, 3.05) is 5.32 Å². The molecular formula is C17H17NO3S. The molecule has 2 N–H and O–H groups in total. The Morgan fingerprint density at radius 1 is 1.27 bits per heavy atom. The fraction of sp³-hybridized carbons (Fsp3) is 0.294. The number of carbonyl (C=O) groups is 2. The first-order valence-electron chi connectivity index (χ1n) is 7.29. The van der Waals surface area contributed by atoms with Crippen molar-refractivity contribution >= 4 is 28.9 Å². The van der Waals surface area contributed by atoms with Crippen LogP contribution in [-0.2, 0) is 12.8 Å². The van der Waals surface area contributed by atoms with Crippen LogP contribution in [-0.4, -0.2) is 17.0 Å². The number of fused-ring (bicyclic) bond motifs is 1. The van der Waals surface area contributed by atoms with E-state index in [1.807, 2.05) is 5.38 Å². The highest BCUT2D eigenvalue weighted by molar-refractivity contribution is 7.10. The maximum absolute atomic E-state index is 12.5. The minimum absolute atomic E-state index is 0.105. The summed E-state index contributed by atoms with van der Waals surface area (Å²) in [5, 5.41) is 13.8. The number of hydrogen-bond donors (Lipinski definition) is 2. The Balaban J connectivity index is 1.86. The van der Waals surface area contributed by atoms with E-state index in [0.717, 1.165) is 24.8 Å². The molecule has 1 aromatic carbocycles. The largest absolute Gasteiger partial charge is 0.478 e. The number of thiophene rings is 1. The van der Waals surface area contributed by atoms with Gasteiger partial charge in [-0.25, -0.2) is 4.79 Å². The average Bonchev–Trinajstić information content (AvgIpc) is 2.90. The van der Waals surface area contributed by atoms with Crippen LogP contribution in [0.5, 0.6) is 0 Å². The Morgan fingerprint density at radius 3 is 2.82 bits per heavy atom. The Morgan fingerprint density at radius 2 is 2.05 bits per heavy atom. The molecule has 0 saturated carbocycles. The van der Waals surface area contributed by atoms with E-state index >= 15 is 0 Å². The summed E-state index contributed by atoms with van der Waals surface area (Å²) in [6.07, 6.45) is 3.04. The van der Waals surface area contributed by atoms with Crippen molar-refractivity contribution in [3.8, 4) is 0 Å². The predicted molar refractivity (Wildman–Crippen MR) is 86.9 cm³/mol. The van der Waals surface area contributed by atoms with Crippen molar-refractivity contribution in [3.63, 3.8) is 0 Å². The Kier molecular flexibility index (Phi) is 3.98. The molecule has 1 aromatic heterocycles. The Hall–Kier alpha value is -2.14. The van der Waals surface area contributed by atoms with Crippen molar-refractivity contribution in [1.82, 2.24) is 0 Å². The maximum Gasteiger partial charge on any atom is 0.337 e. The topological polar surface area (TPSA) is 66.4 Å². The SMILES string of the molecule is CC1CCc2c(C(=O)Nc3ccccc3C(=O)O)csc2C1. The van der Waals surface area contributed by atoms with Crippen molar-refractivity contribution in [3.05, 3.63) is 51.2 Å². The highest BCUT2D eigenvalue weighted by Crippen LogP contribution is 2.33. The monoisotopic (exact) mass is 315 g/mol. The van der Waals surface area contributed by atoms with Gasteiger partial charge in [-0.1, -0.05) is 19.1 Å². The molecule has 2 aromatic rings. The number of hydrogen-bond acceptors (Lipinski definition) is 3. The standard InChI is InChI=1S/C17H17NO3S/c1-10-6-7-11-13(9-22-15(11)8-10)16(19)18-14-5-3-2-4-12(14)17(20)21/h2-5,9-10H,6-8H2,1H3,(H,18,19)(H,20,21). The van der Waals surface area contributed by atoms with Crippen molar-refractivity contribution in [2.24, 2.45) is 5.92 Å². The second kappa shape index (κ2) is 5.93. The van der Waals surface area contributed by atoms with Gasteiger partial charge in [0.1, 0.15) is 0 Å². The van der Waals surface area contributed by atoms with E-state index in [9.17, 15) is 14.7 Å². The minimum atomic E-state index is -1.04. The van der Waals surface area contributed by atoms with Gasteiger partial charge < -0.3 is 10.4 Å². The van der Waals surface area contributed by atoms with E-state index in [1.165, 1.54) is 10.9 Å². The molecule has 0 fully saturated rings. The molecular weight excluding hydrogens is 298 g/mol. The molecule has 1 heterocycles. The van der Waals surface area contributed by atoms with Crippen LogP contribution in [0.1, 0.15) is 44.5 Å². The molecule has 0 radical (unpaired) electrons. The molecule has 1 atom stereocenters. The van der Waals surface area contributed by atoms with Crippen LogP contribution in [0.3, 0.4) is 0 Å². The fourth-order valence-electron chi connectivity index (χ4n) is 2.84. The molecule has 0 bridgehead atoms. The van der Waals surface area contributed by atoms with Gasteiger partial charge in [0.05, 0.1) is 16.8 Å². The summed E-state index contributed by atoms with van der Waals surface area (Å²) in [5.74, 6) is -0.604. The first-order valence-corrected chi connectivity index (χ1v) is 8.17. The van der Waals surface area contributed by atoms with E-state index in [2.05, 4.69) is 12.2 Å². The van der Waals surface area contributed by atoms with Gasteiger partial charge in [0.2, 0.25) is 0 Å². The molecule has 1 unspecified atom stereocenters. The summed E-state index contributed by atoms with van der Waals surface area (Å²) in [7, 11) is 0. The summed E-state index contributed by atoms with van der Waals surface area (Å²) in [6, 6.07) is 6.46. The second-order valence-electron chi connectivity index (χ2n) is 5.70. The van der Waals surface area contributed by atoms with E-state index in [-0.39, 0.29) is 11.5 Å². The van der Waals surface area contributed by atoms with Gasteiger partial charge in [0.25, 0.3) is 5.91 Å². The Labute approximate surface area is 132 Å². The third-order valence-corrected chi connectivity index (χ3v) is 5.10. The zero-order chi connectivity index (χ0) is 15.7. The molecule has 1 aliphatic rings. The molecule has 5 heteroatoms. The molecule has 1 aliphatic carbocycles. The molecule has 114 valence electrons. The maximum atomic E-state index is 12.5. The zero-order valence-corrected chi connectivity index (χ0v) is 13.1. The molecule has 4 nitrogen and oxygen atoms in total. The van der Waals surface area contributed by atoms with Crippen molar-refractivity contribution in [1.29, 1.82) is 0 Å². The number of amides is 1. The molecule has 22 heavy (non-hydrogen) atoms. The normalized spacial score (nSPS) is 16.9. The number of carboxylic acids is 1. The van der Waals surface area contributed by atoms with Gasteiger partial charge in [-0.05, 0) is 42.9 Å². The number of benzene rings is 1. The van der Waals surface area contributed by atoms with Crippen LogP contribution < -0.4 is 5.32 Å². The number of carboxylic acid groups (broad SMARTS) is 1. The van der Waals surface area contributed by atoms with E-state index in [1.54, 1.807) is 29.5 Å². The lowest BCUT2D eigenvalue weighted by Gasteiger charge is -2.19. The van der Waals surface area contributed by atoms with Gasteiger partial charge in [0.15, 0.2) is 0 Å². The van der Waals surface area contributed by atoms with Crippen LogP contribution in [0.4, 0.5) is 5.69 Å². The summed E-state index contributed by atoms with van der Waals surface area (Å²) >= 11 is 1.63. The lowest BCUT2D eigenvalue weighted by atomic mass is 9.88.